The van der Waals surface area contributed by atoms with E-state index in [4.69, 9.17) is 4.52 Å². The molecule has 1 amide bonds. The van der Waals surface area contributed by atoms with Crippen molar-refractivity contribution >= 4 is 5.91 Å². The van der Waals surface area contributed by atoms with Crippen LogP contribution >= 0.6 is 0 Å². The quantitative estimate of drug-likeness (QED) is 0.813. The van der Waals surface area contributed by atoms with Crippen molar-refractivity contribution in [2.45, 2.75) is 52.6 Å². The predicted molar refractivity (Wildman–Crippen MR) is 88.0 cm³/mol. The van der Waals surface area contributed by atoms with Gasteiger partial charge in [-0.3, -0.25) is 14.6 Å². The highest BCUT2D eigenvalue weighted by Crippen LogP contribution is 2.20. The maximum absolute atomic E-state index is 12.0. The number of amides is 1. The third-order valence-corrected chi connectivity index (χ3v) is 4.50. The fraction of sp³-hybridized carbons (Fsp3) is 0.812. The van der Waals surface area contributed by atoms with Crippen molar-refractivity contribution in [2.75, 3.05) is 32.7 Å². The van der Waals surface area contributed by atoms with Crippen LogP contribution in [0.5, 0.6) is 0 Å². The molecule has 7 heteroatoms. The summed E-state index contributed by atoms with van der Waals surface area (Å²) < 4.78 is 5.34. The third kappa shape index (κ3) is 5.00. The second-order valence-electron chi connectivity index (χ2n) is 6.27. The standard InChI is InChI=1S/C16H29N5O2/c1-5-12(3)17-15(22)11-20-7-9-21(10-8-20)13(4)16-18-14(6-2)19-23-16/h12-13H,5-11H2,1-4H3,(H,17,22)/t12-,13-/m0/s1. The van der Waals surface area contributed by atoms with E-state index in [1.807, 2.05) is 13.8 Å². The molecule has 1 saturated heterocycles. The Balaban J connectivity index is 1.78. The molecule has 2 heterocycles. The summed E-state index contributed by atoms with van der Waals surface area (Å²) in [7, 11) is 0. The van der Waals surface area contributed by atoms with Crippen molar-refractivity contribution in [1.29, 1.82) is 0 Å². The van der Waals surface area contributed by atoms with Gasteiger partial charge in [-0.15, -0.1) is 0 Å². The summed E-state index contributed by atoms with van der Waals surface area (Å²) in [6, 6.07) is 0.369. The molecule has 2 rings (SSSR count). The molecule has 1 N–H and O–H groups in total. The summed E-state index contributed by atoms with van der Waals surface area (Å²) in [4.78, 5) is 20.9. The molecule has 23 heavy (non-hydrogen) atoms. The van der Waals surface area contributed by atoms with E-state index >= 15 is 0 Å². The van der Waals surface area contributed by atoms with E-state index < -0.39 is 0 Å². The lowest BCUT2D eigenvalue weighted by Gasteiger charge is -2.36. The lowest BCUT2D eigenvalue weighted by Crippen LogP contribution is -2.50. The SMILES string of the molecule is CCc1noc([C@H](C)N2CCN(CC(=O)N[C@@H](C)CC)CC2)n1. The van der Waals surface area contributed by atoms with Crippen LogP contribution in [0.15, 0.2) is 4.52 Å². The maximum Gasteiger partial charge on any atom is 0.243 e. The minimum atomic E-state index is 0.116. The Bertz CT molecular complexity index is 496. The van der Waals surface area contributed by atoms with Crippen LogP contribution in [0, 0.1) is 0 Å². The number of nitrogens with zero attached hydrogens (tertiary/aromatic N) is 4. The highest BCUT2D eigenvalue weighted by Gasteiger charge is 2.26. The van der Waals surface area contributed by atoms with Crippen molar-refractivity contribution in [3.63, 3.8) is 0 Å². The highest BCUT2D eigenvalue weighted by atomic mass is 16.5. The van der Waals surface area contributed by atoms with Gasteiger partial charge in [-0.05, 0) is 20.3 Å². The first-order valence-corrected chi connectivity index (χ1v) is 8.61. The molecule has 1 aliphatic heterocycles. The molecule has 0 bridgehead atoms. The van der Waals surface area contributed by atoms with Crippen molar-refractivity contribution < 1.29 is 9.32 Å². The molecule has 1 fully saturated rings. The maximum atomic E-state index is 12.0. The molecule has 0 aromatic carbocycles. The molecule has 1 aromatic heterocycles. The molecule has 0 aliphatic carbocycles. The summed E-state index contributed by atoms with van der Waals surface area (Å²) in [5.41, 5.74) is 0. The number of nitrogens with one attached hydrogen (secondary N) is 1. The van der Waals surface area contributed by atoms with Gasteiger partial charge in [0.05, 0.1) is 12.6 Å². The van der Waals surface area contributed by atoms with Crippen LogP contribution in [0.4, 0.5) is 0 Å². The molecule has 0 radical (unpaired) electrons. The van der Waals surface area contributed by atoms with Gasteiger partial charge in [0.1, 0.15) is 0 Å². The summed E-state index contributed by atoms with van der Waals surface area (Å²) >= 11 is 0. The van der Waals surface area contributed by atoms with E-state index in [-0.39, 0.29) is 18.0 Å². The summed E-state index contributed by atoms with van der Waals surface area (Å²) in [5, 5.41) is 6.98. The molecule has 130 valence electrons. The number of piperazine rings is 1. The first kappa shape index (κ1) is 17.9. The highest BCUT2D eigenvalue weighted by molar-refractivity contribution is 5.78. The molecule has 1 aliphatic rings. The van der Waals surface area contributed by atoms with Gasteiger partial charge in [0.25, 0.3) is 0 Å². The Morgan fingerprint density at radius 2 is 1.96 bits per heavy atom. The van der Waals surface area contributed by atoms with Crippen LogP contribution in [0.2, 0.25) is 0 Å². The van der Waals surface area contributed by atoms with E-state index in [2.05, 4.69) is 39.1 Å². The van der Waals surface area contributed by atoms with Crippen LogP contribution in [0.1, 0.15) is 51.9 Å². The van der Waals surface area contributed by atoms with E-state index in [0.29, 0.717) is 12.4 Å². The number of aromatic nitrogens is 2. The summed E-state index contributed by atoms with van der Waals surface area (Å²) in [6.45, 7) is 12.3. The minimum absolute atomic E-state index is 0.116. The Hall–Kier alpha value is -1.47. The van der Waals surface area contributed by atoms with Gasteiger partial charge in [0.2, 0.25) is 11.8 Å². The largest absolute Gasteiger partial charge is 0.353 e. The van der Waals surface area contributed by atoms with Crippen molar-refractivity contribution in [3.8, 4) is 0 Å². The van der Waals surface area contributed by atoms with E-state index in [1.165, 1.54) is 0 Å². The monoisotopic (exact) mass is 323 g/mol. The molecular weight excluding hydrogens is 294 g/mol. The van der Waals surface area contributed by atoms with Gasteiger partial charge >= 0.3 is 0 Å². The van der Waals surface area contributed by atoms with E-state index in [0.717, 1.165) is 44.8 Å². The molecule has 0 unspecified atom stereocenters. The van der Waals surface area contributed by atoms with E-state index in [9.17, 15) is 4.79 Å². The third-order valence-electron chi connectivity index (χ3n) is 4.50. The van der Waals surface area contributed by atoms with Gasteiger partial charge in [-0.1, -0.05) is 19.0 Å². The molecule has 2 atom stereocenters. The summed E-state index contributed by atoms with van der Waals surface area (Å²) in [6.07, 6.45) is 1.75. The van der Waals surface area contributed by atoms with Gasteiger partial charge < -0.3 is 9.84 Å². The van der Waals surface area contributed by atoms with Crippen LogP contribution in [0.25, 0.3) is 0 Å². The fourth-order valence-corrected chi connectivity index (χ4v) is 2.67. The first-order valence-electron chi connectivity index (χ1n) is 8.61. The Labute approximate surface area is 138 Å². The molecule has 1 aromatic rings. The normalized spacial score (nSPS) is 19.5. The molecule has 0 spiro atoms. The number of carbonyl (C=O) groups is 1. The predicted octanol–water partition coefficient (Wildman–Crippen LogP) is 1.23. The number of rotatable bonds is 7. The van der Waals surface area contributed by atoms with Crippen molar-refractivity contribution in [3.05, 3.63) is 11.7 Å². The first-order chi connectivity index (χ1) is 11.0. The van der Waals surface area contributed by atoms with Crippen molar-refractivity contribution in [2.24, 2.45) is 0 Å². The smallest absolute Gasteiger partial charge is 0.243 e. The second-order valence-corrected chi connectivity index (χ2v) is 6.27. The van der Waals surface area contributed by atoms with Gasteiger partial charge in [0, 0.05) is 38.6 Å². The van der Waals surface area contributed by atoms with Crippen molar-refractivity contribution in [1.82, 2.24) is 25.3 Å². The number of hydrogen-bond acceptors (Lipinski definition) is 6. The summed E-state index contributed by atoms with van der Waals surface area (Å²) in [5.74, 6) is 1.56. The van der Waals surface area contributed by atoms with Gasteiger partial charge in [-0.25, -0.2) is 0 Å². The van der Waals surface area contributed by atoms with Crippen LogP contribution in [-0.2, 0) is 11.2 Å². The number of hydrogen-bond donors (Lipinski definition) is 1. The fourth-order valence-electron chi connectivity index (χ4n) is 2.67. The zero-order valence-electron chi connectivity index (χ0n) is 14.7. The minimum Gasteiger partial charge on any atom is -0.353 e. The Morgan fingerprint density at radius 1 is 1.26 bits per heavy atom. The van der Waals surface area contributed by atoms with Crippen LogP contribution in [-0.4, -0.2) is 64.6 Å². The van der Waals surface area contributed by atoms with E-state index in [1.54, 1.807) is 0 Å². The Kier molecular flexibility index (Phi) is 6.53. The average molecular weight is 323 g/mol. The number of carbonyl (C=O) groups excluding carboxylic acids is 1. The second kappa shape index (κ2) is 8.40. The number of aryl methyl sites for hydroxylation is 1. The average Bonchev–Trinajstić information content (AvgIpc) is 3.03. The molecular formula is C16H29N5O2. The molecule has 0 saturated carbocycles. The van der Waals surface area contributed by atoms with Gasteiger partial charge in [-0.2, -0.15) is 4.98 Å². The Morgan fingerprint density at radius 3 is 2.52 bits per heavy atom. The van der Waals surface area contributed by atoms with Gasteiger partial charge in [0.15, 0.2) is 5.82 Å². The topological polar surface area (TPSA) is 74.5 Å². The molecule has 7 nitrogen and oxygen atoms in total. The van der Waals surface area contributed by atoms with Crippen LogP contribution in [0.3, 0.4) is 0 Å². The zero-order chi connectivity index (χ0) is 16.8. The van der Waals surface area contributed by atoms with Crippen LogP contribution < -0.4 is 5.32 Å². The lowest BCUT2D eigenvalue weighted by molar-refractivity contribution is -0.123. The zero-order valence-corrected chi connectivity index (χ0v) is 14.7. The lowest BCUT2D eigenvalue weighted by atomic mass is 10.2.